The van der Waals surface area contributed by atoms with Gasteiger partial charge < -0.3 is 14.8 Å². The molecule has 1 aromatic carbocycles. The van der Waals surface area contributed by atoms with E-state index in [1.54, 1.807) is 11.3 Å². The van der Waals surface area contributed by atoms with E-state index in [4.69, 9.17) is 9.47 Å². The Hall–Kier alpha value is -2.02. The van der Waals surface area contributed by atoms with E-state index < -0.39 is 6.10 Å². The zero-order chi connectivity index (χ0) is 22.1. The third-order valence-electron chi connectivity index (χ3n) is 5.81. The molecule has 1 saturated carbocycles. The molecule has 0 aliphatic heterocycles. The molecule has 31 heavy (non-hydrogen) atoms. The number of ether oxygens (including phenoxy) is 2. The molecule has 3 rings (SSSR count). The molecule has 1 aromatic heterocycles. The number of thiophene rings is 1. The summed E-state index contributed by atoms with van der Waals surface area (Å²) in [6.45, 7) is 3.51. The number of carbonyl (C=O) groups is 2. The molecule has 1 N–H and O–H groups in total. The summed E-state index contributed by atoms with van der Waals surface area (Å²) in [5.74, 6) is 0.598. The van der Waals surface area contributed by atoms with Crippen LogP contribution in [0, 0.1) is 5.92 Å². The summed E-state index contributed by atoms with van der Waals surface area (Å²) >= 11 is 1.70. The molecule has 168 valence electrons. The summed E-state index contributed by atoms with van der Waals surface area (Å²) in [5, 5.41) is 5.44. The van der Waals surface area contributed by atoms with Gasteiger partial charge in [0.2, 0.25) is 0 Å². The van der Waals surface area contributed by atoms with E-state index in [2.05, 4.69) is 28.9 Å². The van der Waals surface area contributed by atoms with Crippen molar-refractivity contribution in [2.45, 2.75) is 58.1 Å². The quantitative estimate of drug-likeness (QED) is 0.479. The fourth-order valence-corrected chi connectivity index (χ4v) is 5.01. The van der Waals surface area contributed by atoms with Crippen LogP contribution in [0.3, 0.4) is 0 Å². The molecule has 6 heteroatoms. The maximum atomic E-state index is 12.1. The van der Waals surface area contributed by atoms with Crippen molar-refractivity contribution in [1.29, 1.82) is 0 Å². The summed E-state index contributed by atoms with van der Waals surface area (Å²) in [4.78, 5) is 25.2. The van der Waals surface area contributed by atoms with Crippen LogP contribution in [0.2, 0.25) is 0 Å². The molecule has 1 fully saturated rings. The van der Waals surface area contributed by atoms with Gasteiger partial charge in [-0.2, -0.15) is 0 Å². The van der Waals surface area contributed by atoms with Crippen molar-refractivity contribution < 1.29 is 19.1 Å². The number of esters is 1. The molecule has 0 unspecified atom stereocenters. The number of ketones is 1. The third-order valence-corrected chi connectivity index (χ3v) is 6.74. The van der Waals surface area contributed by atoms with Crippen LogP contribution in [0.5, 0.6) is 0 Å². The topological polar surface area (TPSA) is 64.6 Å². The van der Waals surface area contributed by atoms with Gasteiger partial charge >= 0.3 is 5.97 Å². The number of carbonyl (C=O) groups excluding carboxylic acids is 2. The Kier molecular flexibility index (Phi) is 9.25. The van der Waals surface area contributed by atoms with E-state index in [-0.39, 0.29) is 5.97 Å². The van der Waals surface area contributed by atoms with Crippen LogP contribution in [0.15, 0.2) is 35.7 Å². The molecule has 0 saturated heterocycles. The predicted octanol–water partition coefficient (Wildman–Crippen LogP) is 4.77. The van der Waals surface area contributed by atoms with Gasteiger partial charge in [-0.3, -0.25) is 4.79 Å². The highest BCUT2D eigenvalue weighted by atomic mass is 32.1. The summed E-state index contributed by atoms with van der Waals surface area (Å²) in [6, 6.07) is 10.4. The number of hydrogen-bond acceptors (Lipinski definition) is 6. The van der Waals surface area contributed by atoms with Gasteiger partial charge in [-0.1, -0.05) is 49.9 Å². The normalized spacial score (nSPS) is 15.2. The van der Waals surface area contributed by atoms with Gasteiger partial charge in [-0.15, -0.1) is 11.3 Å². The minimum atomic E-state index is -0.573. The van der Waals surface area contributed by atoms with Crippen LogP contribution in [-0.4, -0.2) is 38.1 Å². The Morgan fingerprint density at radius 1 is 1.16 bits per heavy atom. The Labute approximate surface area is 189 Å². The first-order valence-electron chi connectivity index (χ1n) is 11.2. The summed E-state index contributed by atoms with van der Waals surface area (Å²) in [5.41, 5.74) is 3.33. The Bertz CT molecular complexity index is 839. The minimum Gasteiger partial charge on any atom is -0.467 e. The Morgan fingerprint density at radius 2 is 1.90 bits per heavy atom. The average Bonchev–Trinajstić information content (AvgIpc) is 3.46. The van der Waals surface area contributed by atoms with Crippen LogP contribution >= 0.6 is 11.3 Å². The van der Waals surface area contributed by atoms with Crippen molar-refractivity contribution in [1.82, 2.24) is 5.32 Å². The van der Waals surface area contributed by atoms with Crippen molar-refractivity contribution in [3.63, 3.8) is 0 Å². The second-order valence-corrected chi connectivity index (χ2v) is 9.16. The lowest BCUT2D eigenvalue weighted by Gasteiger charge is -2.14. The molecule has 1 aliphatic carbocycles. The average molecular weight is 444 g/mol. The van der Waals surface area contributed by atoms with Gasteiger partial charge in [0, 0.05) is 30.9 Å². The maximum Gasteiger partial charge on any atom is 0.335 e. The molecule has 0 spiro atoms. The van der Waals surface area contributed by atoms with Gasteiger partial charge in [0.25, 0.3) is 0 Å². The van der Waals surface area contributed by atoms with Crippen molar-refractivity contribution in [3.05, 3.63) is 46.2 Å². The van der Waals surface area contributed by atoms with Crippen molar-refractivity contribution >= 4 is 23.1 Å². The van der Waals surface area contributed by atoms with Gasteiger partial charge in [0.15, 0.2) is 6.10 Å². The Balaban J connectivity index is 1.48. The van der Waals surface area contributed by atoms with Crippen LogP contribution in [-0.2, 0) is 32.0 Å². The third kappa shape index (κ3) is 7.27. The molecule has 1 aliphatic rings. The first kappa shape index (κ1) is 23.6. The van der Waals surface area contributed by atoms with Crippen LogP contribution < -0.4 is 5.32 Å². The number of nitrogens with one attached hydrogen (secondary N) is 1. The van der Waals surface area contributed by atoms with Crippen LogP contribution in [0.4, 0.5) is 0 Å². The first-order valence-corrected chi connectivity index (χ1v) is 12.1. The van der Waals surface area contributed by atoms with E-state index in [0.29, 0.717) is 37.8 Å². The monoisotopic (exact) mass is 443 g/mol. The van der Waals surface area contributed by atoms with Crippen LogP contribution in [0.25, 0.3) is 11.1 Å². The molecule has 0 amide bonds. The standard InChI is InChI=1S/C25H33NO4S/c1-3-30-24(25(28)29-2)13-19-8-10-20(11-9-19)21-14-23(31-17-21)16-26-15-22(27)12-18-6-4-5-7-18/h8-11,14,17-18,24,26H,3-7,12-13,15-16H2,1-2H3/t24-/m0/s1. The van der Waals surface area contributed by atoms with Gasteiger partial charge in [-0.05, 0) is 41.0 Å². The molecule has 0 bridgehead atoms. The summed E-state index contributed by atoms with van der Waals surface area (Å²) < 4.78 is 10.3. The Morgan fingerprint density at radius 3 is 2.58 bits per heavy atom. The number of methoxy groups -OCH3 is 1. The molecular formula is C25H33NO4S. The number of hydrogen-bond donors (Lipinski definition) is 1. The lowest BCUT2D eigenvalue weighted by molar-refractivity contribution is -0.153. The zero-order valence-electron chi connectivity index (χ0n) is 18.5. The smallest absolute Gasteiger partial charge is 0.335 e. The maximum absolute atomic E-state index is 12.1. The number of benzene rings is 1. The molecular weight excluding hydrogens is 410 g/mol. The van der Waals surface area contributed by atoms with E-state index in [1.165, 1.54) is 43.2 Å². The van der Waals surface area contributed by atoms with Crippen molar-refractivity contribution in [2.75, 3.05) is 20.3 Å². The van der Waals surface area contributed by atoms with Crippen molar-refractivity contribution in [2.24, 2.45) is 5.92 Å². The van der Waals surface area contributed by atoms with E-state index in [1.807, 2.05) is 19.1 Å². The number of rotatable bonds is 12. The second kappa shape index (κ2) is 12.1. The number of Topliss-reactive ketones (excluding diaryl/α,β-unsaturated/α-hetero) is 1. The highest BCUT2D eigenvalue weighted by Crippen LogP contribution is 2.28. The largest absolute Gasteiger partial charge is 0.467 e. The van der Waals surface area contributed by atoms with Crippen LogP contribution in [0.1, 0.15) is 49.5 Å². The van der Waals surface area contributed by atoms with Gasteiger partial charge in [-0.25, -0.2) is 4.79 Å². The highest BCUT2D eigenvalue weighted by molar-refractivity contribution is 7.10. The minimum absolute atomic E-state index is 0.330. The fourth-order valence-electron chi connectivity index (χ4n) is 4.15. The van der Waals surface area contributed by atoms with Gasteiger partial charge in [0.1, 0.15) is 5.78 Å². The fraction of sp³-hybridized carbons (Fsp3) is 0.520. The SMILES string of the molecule is CCO[C@@H](Cc1ccc(-c2csc(CNCC(=O)CC3CCCC3)c2)cc1)C(=O)OC. The summed E-state index contributed by atoms with van der Waals surface area (Å²) in [7, 11) is 1.38. The lowest BCUT2D eigenvalue weighted by Crippen LogP contribution is -2.28. The predicted molar refractivity (Wildman–Crippen MR) is 124 cm³/mol. The van der Waals surface area contributed by atoms with E-state index in [9.17, 15) is 9.59 Å². The van der Waals surface area contributed by atoms with Gasteiger partial charge in [0.05, 0.1) is 13.7 Å². The first-order chi connectivity index (χ1) is 15.1. The van der Waals surface area contributed by atoms with E-state index in [0.717, 1.165) is 17.5 Å². The van der Waals surface area contributed by atoms with E-state index >= 15 is 0 Å². The lowest BCUT2D eigenvalue weighted by atomic mass is 10.0. The summed E-state index contributed by atoms with van der Waals surface area (Å²) in [6.07, 6.45) is 5.65. The molecule has 0 radical (unpaired) electrons. The molecule has 5 nitrogen and oxygen atoms in total. The zero-order valence-corrected chi connectivity index (χ0v) is 19.3. The molecule has 2 aromatic rings. The molecule has 1 heterocycles. The van der Waals surface area contributed by atoms with Crippen molar-refractivity contribution in [3.8, 4) is 11.1 Å². The second-order valence-electron chi connectivity index (χ2n) is 8.17. The molecule has 1 atom stereocenters. The highest BCUT2D eigenvalue weighted by Gasteiger charge is 2.20.